The molecule has 1 saturated heterocycles. The van der Waals surface area contributed by atoms with E-state index in [1.54, 1.807) is 12.1 Å². The lowest BCUT2D eigenvalue weighted by Crippen LogP contribution is -2.22. The fourth-order valence-electron chi connectivity index (χ4n) is 1.79. The summed E-state index contributed by atoms with van der Waals surface area (Å²) in [5.74, 6) is 0.361. The first-order chi connectivity index (χ1) is 7.33. The molecule has 1 aromatic heterocycles. The second-order valence-electron chi connectivity index (χ2n) is 3.50. The molecule has 1 aliphatic heterocycles. The van der Waals surface area contributed by atoms with Gasteiger partial charge < -0.3 is 9.64 Å². The van der Waals surface area contributed by atoms with Gasteiger partial charge in [0.2, 0.25) is 0 Å². The third kappa shape index (κ3) is 1.93. The van der Waals surface area contributed by atoms with Gasteiger partial charge in [0.25, 0.3) is 0 Å². The van der Waals surface area contributed by atoms with E-state index in [2.05, 4.69) is 16.1 Å². The molecule has 1 aliphatic rings. The summed E-state index contributed by atoms with van der Waals surface area (Å²) in [4.78, 5) is 17.7. The van der Waals surface area contributed by atoms with Crippen LogP contribution in [0.4, 0.5) is 5.82 Å². The maximum atomic E-state index is 11.5. The van der Waals surface area contributed by atoms with Gasteiger partial charge in [0.05, 0.1) is 13.3 Å². The second kappa shape index (κ2) is 4.29. The van der Waals surface area contributed by atoms with E-state index in [0.717, 1.165) is 25.9 Å². The number of anilines is 1. The van der Waals surface area contributed by atoms with E-state index in [0.29, 0.717) is 11.4 Å². The minimum atomic E-state index is -0.335. The molecule has 0 atom stereocenters. The van der Waals surface area contributed by atoms with Crippen LogP contribution in [0.2, 0.25) is 0 Å². The highest BCUT2D eigenvalue weighted by atomic mass is 16.5. The van der Waals surface area contributed by atoms with Crippen LogP contribution in [0.5, 0.6) is 0 Å². The molecule has 0 aromatic carbocycles. The quantitative estimate of drug-likeness (QED) is 0.682. The molecule has 4 heteroatoms. The van der Waals surface area contributed by atoms with Crippen LogP contribution in [0, 0.1) is 6.20 Å². The third-order valence-corrected chi connectivity index (χ3v) is 2.55. The summed E-state index contributed by atoms with van der Waals surface area (Å²) < 4.78 is 4.72. The predicted octanol–water partition coefficient (Wildman–Crippen LogP) is 1.27. The molecule has 79 valence electrons. The van der Waals surface area contributed by atoms with Crippen molar-refractivity contribution in [1.82, 2.24) is 4.98 Å². The van der Waals surface area contributed by atoms with Gasteiger partial charge in [-0.15, -0.1) is 0 Å². The number of hydrogen-bond acceptors (Lipinski definition) is 4. The molecule has 2 heterocycles. The Bertz CT molecular complexity index is 359. The van der Waals surface area contributed by atoms with Crippen molar-refractivity contribution in [2.45, 2.75) is 12.8 Å². The minimum absolute atomic E-state index is 0.335. The molecule has 0 unspecified atom stereocenters. The monoisotopic (exact) mass is 205 g/mol. The normalized spacial score (nSPS) is 15.4. The fraction of sp³-hybridized carbons (Fsp3) is 0.455. The van der Waals surface area contributed by atoms with Gasteiger partial charge in [-0.25, -0.2) is 9.78 Å². The summed E-state index contributed by atoms with van der Waals surface area (Å²) >= 11 is 0. The van der Waals surface area contributed by atoms with E-state index in [9.17, 15) is 4.79 Å². The summed E-state index contributed by atoms with van der Waals surface area (Å²) in [6.07, 6.45) is 5.06. The Morgan fingerprint density at radius 1 is 1.53 bits per heavy atom. The zero-order chi connectivity index (χ0) is 10.7. The molecule has 15 heavy (non-hydrogen) atoms. The molecular weight excluding hydrogens is 192 g/mol. The number of carbonyl (C=O) groups excluding carboxylic acids is 1. The van der Waals surface area contributed by atoms with Crippen LogP contribution in [0.3, 0.4) is 0 Å². The standard InChI is InChI=1S/C11H13N2O2/c1-15-11(14)9-5-4-6-12-10(9)13-7-2-3-8-13/h4-5H,2-3,7-8H2,1H3. The molecule has 1 aromatic rings. The van der Waals surface area contributed by atoms with E-state index in [1.165, 1.54) is 7.11 Å². The van der Waals surface area contributed by atoms with Gasteiger partial charge in [0, 0.05) is 13.1 Å². The van der Waals surface area contributed by atoms with E-state index < -0.39 is 0 Å². The summed E-state index contributed by atoms with van der Waals surface area (Å²) in [6.45, 7) is 1.91. The number of hydrogen-bond donors (Lipinski definition) is 0. The van der Waals surface area contributed by atoms with Crippen molar-refractivity contribution in [2.24, 2.45) is 0 Å². The molecule has 2 rings (SSSR count). The average Bonchev–Trinajstić information content (AvgIpc) is 2.81. The molecule has 1 fully saturated rings. The number of nitrogens with zero attached hydrogens (tertiary/aromatic N) is 2. The summed E-state index contributed by atoms with van der Waals surface area (Å²) in [5.41, 5.74) is 0.526. The Kier molecular flexibility index (Phi) is 2.85. The maximum absolute atomic E-state index is 11.5. The van der Waals surface area contributed by atoms with Crippen LogP contribution in [0.15, 0.2) is 12.1 Å². The summed E-state index contributed by atoms with van der Waals surface area (Å²) in [5, 5.41) is 0. The van der Waals surface area contributed by atoms with E-state index in [1.807, 2.05) is 0 Å². The van der Waals surface area contributed by atoms with Crippen molar-refractivity contribution < 1.29 is 9.53 Å². The number of carbonyl (C=O) groups is 1. The molecule has 4 nitrogen and oxygen atoms in total. The fourth-order valence-corrected chi connectivity index (χ4v) is 1.79. The molecule has 0 bridgehead atoms. The topological polar surface area (TPSA) is 42.4 Å². The predicted molar refractivity (Wildman–Crippen MR) is 55.9 cm³/mol. The van der Waals surface area contributed by atoms with E-state index >= 15 is 0 Å². The van der Waals surface area contributed by atoms with Crippen molar-refractivity contribution in [2.75, 3.05) is 25.1 Å². The Labute approximate surface area is 88.9 Å². The molecule has 0 spiro atoms. The molecular formula is C11H13N2O2. The highest BCUT2D eigenvalue weighted by molar-refractivity contribution is 5.94. The van der Waals surface area contributed by atoms with Crippen molar-refractivity contribution in [3.05, 3.63) is 23.9 Å². The van der Waals surface area contributed by atoms with Crippen molar-refractivity contribution in [1.29, 1.82) is 0 Å². The molecule has 0 N–H and O–H groups in total. The number of pyridine rings is 1. The molecule has 1 radical (unpaired) electrons. The Hall–Kier alpha value is -1.58. The van der Waals surface area contributed by atoms with Crippen LogP contribution in [-0.4, -0.2) is 31.2 Å². The van der Waals surface area contributed by atoms with Crippen LogP contribution in [-0.2, 0) is 4.74 Å². The highest BCUT2D eigenvalue weighted by Crippen LogP contribution is 2.21. The molecule has 0 aliphatic carbocycles. The van der Waals surface area contributed by atoms with Gasteiger partial charge >= 0.3 is 5.97 Å². The largest absolute Gasteiger partial charge is 0.465 e. The zero-order valence-corrected chi connectivity index (χ0v) is 8.69. The smallest absolute Gasteiger partial charge is 0.341 e. The number of ether oxygens (including phenoxy) is 1. The van der Waals surface area contributed by atoms with Crippen molar-refractivity contribution in [3.63, 3.8) is 0 Å². The third-order valence-electron chi connectivity index (χ3n) is 2.55. The minimum Gasteiger partial charge on any atom is -0.465 e. The van der Waals surface area contributed by atoms with Crippen LogP contribution in [0.25, 0.3) is 0 Å². The Morgan fingerprint density at radius 2 is 2.27 bits per heavy atom. The van der Waals surface area contributed by atoms with Crippen LogP contribution < -0.4 is 4.90 Å². The first-order valence-corrected chi connectivity index (χ1v) is 5.03. The number of rotatable bonds is 2. The zero-order valence-electron chi connectivity index (χ0n) is 8.69. The lowest BCUT2D eigenvalue weighted by Gasteiger charge is -2.18. The first kappa shape index (κ1) is 9.96. The summed E-state index contributed by atoms with van der Waals surface area (Å²) in [6, 6.07) is 3.33. The van der Waals surface area contributed by atoms with Crippen molar-refractivity contribution in [3.8, 4) is 0 Å². The van der Waals surface area contributed by atoms with Crippen LogP contribution >= 0.6 is 0 Å². The molecule has 0 saturated carbocycles. The van der Waals surface area contributed by atoms with Gasteiger partial charge in [-0.3, -0.25) is 0 Å². The van der Waals surface area contributed by atoms with Crippen molar-refractivity contribution >= 4 is 11.8 Å². The lowest BCUT2D eigenvalue weighted by molar-refractivity contribution is 0.0601. The van der Waals surface area contributed by atoms with Gasteiger partial charge in [-0.1, -0.05) is 0 Å². The highest BCUT2D eigenvalue weighted by Gasteiger charge is 2.20. The Morgan fingerprint density at radius 3 is 2.93 bits per heavy atom. The average molecular weight is 205 g/mol. The Balaban J connectivity index is 2.32. The van der Waals surface area contributed by atoms with Gasteiger partial charge in [-0.05, 0) is 25.0 Å². The molecule has 0 amide bonds. The maximum Gasteiger partial charge on any atom is 0.341 e. The number of aromatic nitrogens is 1. The van der Waals surface area contributed by atoms with Gasteiger partial charge in [0.1, 0.15) is 11.4 Å². The van der Waals surface area contributed by atoms with Gasteiger partial charge in [-0.2, -0.15) is 0 Å². The number of esters is 1. The van der Waals surface area contributed by atoms with E-state index in [-0.39, 0.29) is 5.97 Å². The first-order valence-electron chi connectivity index (χ1n) is 5.03. The van der Waals surface area contributed by atoms with Gasteiger partial charge in [0.15, 0.2) is 0 Å². The SMILES string of the molecule is COC(=O)c1cc[c]nc1N1CCCC1. The second-order valence-corrected chi connectivity index (χ2v) is 3.50. The number of methoxy groups -OCH3 is 1. The summed E-state index contributed by atoms with van der Waals surface area (Å²) in [7, 11) is 1.38. The van der Waals surface area contributed by atoms with E-state index in [4.69, 9.17) is 4.74 Å². The lowest BCUT2D eigenvalue weighted by atomic mass is 10.2. The van der Waals surface area contributed by atoms with Crippen LogP contribution in [0.1, 0.15) is 23.2 Å².